The Morgan fingerprint density at radius 3 is 2.12 bits per heavy atom. The molecule has 0 aliphatic carbocycles. The molecule has 1 aliphatic heterocycles. The van der Waals surface area contributed by atoms with Gasteiger partial charge in [-0.3, -0.25) is 4.99 Å². The first kappa shape index (κ1) is 26.6. The molecule has 1 heterocycles. The summed E-state index contributed by atoms with van der Waals surface area (Å²) >= 11 is 0. The molecule has 0 spiro atoms. The van der Waals surface area contributed by atoms with Crippen LogP contribution >= 0.6 is 24.0 Å². The maximum Gasteiger partial charge on any atom is 0.243 e. The molecule has 1 saturated heterocycles. The molecular weight excluding hydrogens is 535 g/mol. The minimum absolute atomic E-state index is 0. The number of nitrogens with zero attached hydrogens (tertiary/aromatic N) is 2. The van der Waals surface area contributed by atoms with Crippen LogP contribution in [0.15, 0.2) is 70.6 Å². The molecule has 3 rings (SSSR count). The predicted molar refractivity (Wildman–Crippen MR) is 142 cm³/mol. The molecule has 8 heteroatoms. The van der Waals surface area contributed by atoms with Gasteiger partial charge in [-0.2, -0.15) is 4.31 Å². The topological polar surface area (TPSA) is 73.8 Å². The van der Waals surface area contributed by atoms with Crippen LogP contribution in [0, 0.1) is 5.92 Å². The van der Waals surface area contributed by atoms with Crippen LogP contribution in [-0.2, 0) is 15.4 Å². The van der Waals surface area contributed by atoms with E-state index in [4.69, 9.17) is 0 Å². The highest BCUT2D eigenvalue weighted by molar-refractivity contribution is 14.0. The van der Waals surface area contributed by atoms with E-state index in [2.05, 4.69) is 53.7 Å². The standard InChI is InChI=1S/C24H34N4O2S.HI/c1-24(2,21-10-6-4-7-11-21)19-27-23(25-3)26-18-20-14-16-28(17-15-20)31(29,30)22-12-8-5-9-13-22;/h4-13,20H,14-19H2,1-3H3,(H2,25,26,27);1H. The van der Waals surface area contributed by atoms with Crippen molar-refractivity contribution in [2.24, 2.45) is 10.9 Å². The molecule has 0 saturated carbocycles. The number of hydrogen-bond donors (Lipinski definition) is 2. The quantitative estimate of drug-likeness (QED) is 0.302. The van der Waals surface area contributed by atoms with Crippen LogP contribution in [-0.4, -0.2) is 51.9 Å². The minimum atomic E-state index is -3.40. The SMILES string of the molecule is CN=C(NCC1CCN(S(=O)(=O)c2ccccc2)CC1)NCC(C)(C)c1ccccc1.I. The van der Waals surface area contributed by atoms with Crippen LogP contribution < -0.4 is 10.6 Å². The highest BCUT2D eigenvalue weighted by atomic mass is 127. The maximum atomic E-state index is 12.8. The molecule has 0 unspecified atom stereocenters. The second-order valence-corrected chi connectivity index (χ2v) is 10.7. The molecule has 6 nitrogen and oxygen atoms in total. The molecule has 0 radical (unpaired) electrons. The lowest BCUT2D eigenvalue weighted by molar-refractivity contribution is 0.273. The normalized spacial score (nSPS) is 16.3. The van der Waals surface area contributed by atoms with Crippen LogP contribution in [0.4, 0.5) is 0 Å². The number of piperidine rings is 1. The Bertz CT molecular complexity index is 958. The molecule has 1 aliphatic rings. The fourth-order valence-electron chi connectivity index (χ4n) is 3.85. The zero-order valence-corrected chi connectivity index (χ0v) is 22.3. The number of aliphatic imine (C=N–C) groups is 1. The van der Waals surface area contributed by atoms with Gasteiger partial charge in [-0.05, 0) is 36.5 Å². The number of halogens is 1. The second kappa shape index (κ2) is 12.0. The first-order valence-corrected chi connectivity index (χ1v) is 12.3. The summed E-state index contributed by atoms with van der Waals surface area (Å²) in [4.78, 5) is 4.72. The number of nitrogens with one attached hydrogen (secondary N) is 2. The van der Waals surface area contributed by atoms with Gasteiger partial charge in [0.25, 0.3) is 0 Å². The Kier molecular flexibility index (Phi) is 9.97. The van der Waals surface area contributed by atoms with Crippen molar-refractivity contribution >= 4 is 40.0 Å². The highest BCUT2D eigenvalue weighted by Gasteiger charge is 2.29. The van der Waals surface area contributed by atoms with Crippen molar-refractivity contribution in [2.45, 2.75) is 37.0 Å². The maximum absolute atomic E-state index is 12.8. The Hall–Kier alpha value is -1.65. The third-order valence-electron chi connectivity index (χ3n) is 5.99. The van der Waals surface area contributed by atoms with Crippen LogP contribution in [0.1, 0.15) is 32.3 Å². The molecule has 2 aromatic rings. The van der Waals surface area contributed by atoms with Crippen LogP contribution in [0.2, 0.25) is 0 Å². The summed E-state index contributed by atoms with van der Waals surface area (Å²) in [5.41, 5.74) is 1.26. The van der Waals surface area contributed by atoms with E-state index >= 15 is 0 Å². The lowest BCUT2D eigenvalue weighted by atomic mass is 9.85. The number of hydrogen-bond acceptors (Lipinski definition) is 3. The predicted octanol–water partition coefficient (Wildman–Crippen LogP) is 3.85. The lowest BCUT2D eigenvalue weighted by Crippen LogP contribution is -2.46. The summed E-state index contributed by atoms with van der Waals surface area (Å²) in [5.74, 6) is 1.20. The Morgan fingerprint density at radius 2 is 1.56 bits per heavy atom. The molecule has 2 N–H and O–H groups in total. The number of sulfonamides is 1. The van der Waals surface area contributed by atoms with Crippen molar-refractivity contribution in [3.63, 3.8) is 0 Å². The first-order chi connectivity index (χ1) is 14.8. The Labute approximate surface area is 210 Å². The molecule has 32 heavy (non-hydrogen) atoms. The summed E-state index contributed by atoms with van der Waals surface area (Å²) in [6, 6.07) is 19.1. The summed E-state index contributed by atoms with van der Waals surface area (Å²) < 4.78 is 27.2. The average molecular weight is 571 g/mol. The van der Waals surface area contributed by atoms with Gasteiger partial charge in [0.15, 0.2) is 5.96 Å². The molecule has 0 amide bonds. The van der Waals surface area contributed by atoms with Crippen molar-refractivity contribution < 1.29 is 8.42 Å². The number of benzene rings is 2. The fourth-order valence-corrected chi connectivity index (χ4v) is 5.34. The molecule has 0 atom stereocenters. The number of guanidine groups is 1. The van der Waals surface area contributed by atoms with Gasteiger partial charge < -0.3 is 10.6 Å². The largest absolute Gasteiger partial charge is 0.356 e. The monoisotopic (exact) mass is 570 g/mol. The van der Waals surface area contributed by atoms with Gasteiger partial charge >= 0.3 is 0 Å². The Balaban J connectivity index is 0.00000363. The van der Waals surface area contributed by atoms with Crippen LogP contribution in [0.5, 0.6) is 0 Å². The van der Waals surface area contributed by atoms with Gasteiger partial charge in [-0.25, -0.2) is 8.42 Å². The average Bonchev–Trinajstić information content (AvgIpc) is 2.80. The van der Waals surface area contributed by atoms with Crippen molar-refractivity contribution in [1.29, 1.82) is 0 Å². The molecule has 176 valence electrons. The first-order valence-electron chi connectivity index (χ1n) is 10.9. The summed E-state index contributed by atoms with van der Waals surface area (Å²) in [7, 11) is -1.62. The van der Waals surface area contributed by atoms with Gasteiger partial charge in [0.05, 0.1) is 4.90 Å². The van der Waals surface area contributed by atoms with Crippen molar-refractivity contribution in [1.82, 2.24) is 14.9 Å². The van der Waals surface area contributed by atoms with E-state index in [1.54, 1.807) is 35.6 Å². The van der Waals surface area contributed by atoms with Gasteiger partial charge in [-0.15, -0.1) is 24.0 Å². The van der Waals surface area contributed by atoms with E-state index in [-0.39, 0.29) is 29.4 Å². The van der Waals surface area contributed by atoms with E-state index in [9.17, 15) is 8.42 Å². The van der Waals surface area contributed by atoms with Crippen LogP contribution in [0.25, 0.3) is 0 Å². The van der Waals surface area contributed by atoms with E-state index in [1.807, 2.05) is 12.1 Å². The van der Waals surface area contributed by atoms with E-state index < -0.39 is 10.0 Å². The van der Waals surface area contributed by atoms with Gasteiger partial charge in [0.1, 0.15) is 0 Å². The lowest BCUT2D eigenvalue weighted by Gasteiger charge is -2.32. The number of rotatable bonds is 7. The van der Waals surface area contributed by atoms with Crippen LogP contribution in [0.3, 0.4) is 0 Å². The van der Waals surface area contributed by atoms with E-state index in [0.717, 1.165) is 31.9 Å². The van der Waals surface area contributed by atoms with Gasteiger partial charge in [0.2, 0.25) is 10.0 Å². The minimum Gasteiger partial charge on any atom is -0.356 e. The third-order valence-corrected chi connectivity index (χ3v) is 7.90. The summed E-state index contributed by atoms with van der Waals surface area (Å²) in [6.45, 7) is 7.08. The zero-order valence-electron chi connectivity index (χ0n) is 19.1. The fraction of sp³-hybridized carbons (Fsp3) is 0.458. The van der Waals surface area contributed by atoms with Crippen molar-refractivity contribution in [3.05, 3.63) is 66.2 Å². The third kappa shape index (κ3) is 6.92. The van der Waals surface area contributed by atoms with E-state index in [1.165, 1.54) is 5.56 Å². The zero-order chi connectivity index (χ0) is 22.3. The second-order valence-electron chi connectivity index (χ2n) is 8.72. The molecule has 2 aromatic carbocycles. The highest BCUT2D eigenvalue weighted by Crippen LogP contribution is 2.24. The summed E-state index contributed by atoms with van der Waals surface area (Å²) in [6.07, 6.45) is 1.68. The molecule has 1 fully saturated rings. The Morgan fingerprint density at radius 1 is 1.00 bits per heavy atom. The molecule has 0 bridgehead atoms. The van der Waals surface area contributed by atoms with Crippen molar-refractivity contribution in [2.75, 3.05) is 33.2 Å². The van der Waals surface area contributed by atoms with Gasteiger partial charge in [0, 0.05) is 38.6 Å². The molecule has 0 aromatic heterocycles. The van der Waals surface area contributed by atoms with E-state index in [0.29, 0.717) is 23.9 Å². The smallest absolute Gasteiger partial charge is 0.243 e. The molecular formula is C24H35IN4O2S. The summed E-state index contributed by atoms with van der Waals surface area (Å²) in [5, 5.41) is 6.85. The van der Waals surface area contributed by atoms with Gasteiger partial charge in [-0.1, -0.05) is 62.4 Å². The van der Waals surface area contributed by atoms with Crippen molar-refractivity contribution in [3.8, 4) is 0 Å².